The zero-order valence-corrected chi connectivity index (χ0v) is 20.0. The Morgan fingerprint density at radius 1 is 1.18 bits per heavy atom. The lowest BCUT2D eigenvalue weighted by Gasteiger charge is -2.11. The highest BCUT2D eigenvalue weighted by molar-refractivity contribution is 6.05. The number of fused-ring (bicyclic) bond motifs is 1. The third-order valence-corrected chi connectivity index (χ3v) is 5.47. The molecule has 34 heavy (non-hydrogen) atoms. The first-order valence-electron chi connectivity index (χ1n) is 11.4. The van der Waals surface area contributed by atoms with Gasteiger partial charge in [-0.3, -0.25) is 0 Å². The maximum absolute atomic E-state index is 7.48. The molecule has 1 heterocycles. The molecule has 176 valence electrons. The number of hydrogen-bond acceptors (Lipinski definition) is 7. The Hall–Kier alpha value is -3.70. The van der Waals surface area contributed by atoms with Crippen LogP contribution < -0.4 is 4.74 Å². The summed E-state index contributed by atoms with van der Waals surface area (Å²) in [5, 5.41) is 8.61. The van der Waals surface area contributed by atoms with Crippen LogP contribution >= 0.6 is 0 Å². The molecule has 1 aliphatic carbocycles. The Balaban J connectivity index is 1.54. The zero-order chi connectivity index (χ0) is 24.1. The number of aromatic nitrogens is 2. The maximum Gasteiger partial charge on any atom is 0.256 e. The number of ether oxygens (including phenoxy) is 1. The van der Waals surface area contributed by atoms with Gasteiger partial charge in [0.15, 0.2) is 0 Å². The summed E-state index contributed by atoms with van der Waals surface area (Å²) in [4.78, 5) is 15.9. The Morgan fingerprint density at radius 2 is 2.00 bits per heavy atom. The fourth-order valence-corrected chi connectivity index (χ4v) is 3.92. The van der Waals surface area contributed by atoms with Crippen LogP contribution in [-0.4, -0.2) is 54.1 Å². The van der Waals surface area contributed by atoms with Gasteiger partial charge in [-0.15, -0.1) is 0 Å². The van der Waals surface area contributed by atoms with Crippen LogP contribution in [0.3, 0.4) is 0 Å². The van der Waals surface area contributed by atoms with E-state index in [-0.39, 0.29) is 6.10 Å². The molecule has 4 rings (SSSR count). The van der Waals surface area contributed by atoms with E-state index in [0.29, 0.717) is 35.3 Å². The van der Waals surface area contributed by atoms with Crippen molar-refractivity contribution in [2.24, 2.45) is 5.16 Å². The van der Waals surface area contributed by atoms with Gasteiger partial charge in [0.05, 0.1) is 18.4 Å². The predicted molar refractivity (Wildman–Crippen MR) is 131 cm³/mol. The van der Waals surface area contributed by atoms with Gasteiger partial charge in [0.1, 0.15) is 12.4 Å². The van der Waals surface area contributed by atoms with Crippen LogP contribution in [0.2, 0.25) is 0 Å². The SMILES string of the molecule is [C-]#[N+]c1cc(-c2nc(-c3cccc4c3CC/C4=N/OCCCN(C)C)no2)ccc1OC(C)C. The lowest BCUT2D eigenvalue weighted by atomic mass is 10.0. The minimum Gasteiger partial charge on any atom is -0.502 e. The molecule has 0 N–H and O–H groups in total. The summed E-state index contributed by atoms with van der Waals surface area (Å²) < 4.78 is 11.3. The largest absolute Gasteiger partial charge is 0.502 e. The van der Waals surface area contributed by atoms with Gasteiger partial charge < -0.3 is 19.0 Å². The third-order valence-electron chi connectivity index (χ3n) is 5.47. The van der Waals surface area contributed by atoms with Crippen molar-refractivity contribution in [1.29, 1.82) is 0 Å². The van der Waals surface area contributed by atoms with E-state index >= 15 is 0 Å². The summed E-state index contributed by atoms with van der Waals surface area (Å²) in [7, 11) is 4.09. The first kappa shape index (κ1) is 23.5. The first-order valence-corrected chi connectivity index (χ1v) is 11.4. The average Bonchev–Trinajstić information content (AvgIpc) is 3.46. The van der Waals surface area contributed by atoms with Gasteiger partial charge in [0, 0.05) is 23.2 Å². The molecule has 0 amide bonds. The van der Waals surface area contributed by atoms with E-state index in [4.69, 9.17) is 20.7 Å². The Morgan fingerprint density at radius 3 is 2.76 bits per heavy atom. The van der Waals surface area contributed by atoms with E-state index in [1.54, 1.807) is 12.1 Å². The number of nitrogens with zero attached hydrogens (tertiary/aromatic N) is 5. The number of rotatable bonds is 9. The monoisotopic (exact) mass is 459 g/mol. The lowest BCUT2D eigenvalue weighted by molar-refractivity contribution is 0.135. The Kier molecular flexibility index (Phi) is 7.24. The summed E-state index contributed by atoms with van der Waals surface area (Å²) in [6.45, 7) is 12.9. The second-order valence-corrected chi connectivity index (χ2v) is 8.74. The molecule has 3 aromatic rings. The topological polar surface area (TPSA) is 77.3 Å². The number of benzene rings is 2. The lowest BCUT2D eigenvalue weighted by Crippen LogP contribution is -2.14. The van der Waals surface area contributed by atoms with Gasteiger partial charge >= 0.3 is 0 Å². The van der Waals surface area contributed by atoms with Crippen molar-refractivity contribution in [2.45, 2.75) is 39.2 Å². The normalized spacial score (nSPS) is 14.0. The minimum absolute atomic E-state index is 0.0154. The van der Waals surface area contributed by atoms with Crippen LogP contribution in [-0.2, 0) is 11.3 Å². The highest BCUT2D eigenvalue weighted by atomic mass is 16.6. The first-order chi connectivity index (χ1) is 16.5. The molecule has 8 nitrogen and oxygen atoms in total. The van der Waals surface area contributed by atoms with Crippen LogP contribution in [0.5, 0.6) is 5.75 Å². The van der Waals surface area contributed by atoms with E-state index in [9.17, 15) is 0 Å². The molecule has 0 fully saturated rings. The summed E-state index contributed by atoms with van der Waals surface area (Å²) in [5.74, 6) is 1.43. The highest BCUT2D eigenvalue weighted by Gasteiger charge is 2.24. The Bertz CT molecular complexity index is 1220. The van der Waals surface area contributed by atoms with Crippen LogP contribution in [0, 0.1) is 6.57 Å². The molecule has 1 aromatic heterocycles. The van der Waals surface area contributed by atoms with E-state index in [1.165, 1.54) is 0 Å². The third kappa shape index (κ3) is 5.26. The maximum atomic E-state index is 7.48. The molecular formula is C26H29N5O3. The Labute approximate surface area is 200 Å². The van der Waals surface area contributed by atoms with Crippen molar-refractivity contribution in [2.75, 3.05) is 27.2 Å². The van der Waals surface area contributed by atoms with E-state index < -0.39 is 0 Å². The van der Waals surface area contributed by atoms with E-state index in [1.807, 2.05) is 46.1 Å². The molecule has 0 saturated heterocycles. The number of oxime groups is 1. The van der Waals surface area contributed by atoms with Crippen molar-refractivity contribution in [3.8, 4) is 28.6 Å². The van der Waals surface area contributed by atoms with Crippen LogP contribution in [0.1, 0.15) is 37.8 Å². The molecule has 0 unspecified atom stereocenters. The van der Waals surface area contributed by atoms with Crippen LogP contribution in [0.25, 0.3) is 27.7 Å². The van der Waals surface area contributed by atoms with Gasteiger partial charge in [0.2, 0.25) is 11.5 Å². The molecule has 0 spiro atoms. The molecular weight excluding hydrogens is 430 g/mol. The summed E-state index contributed by atoms with van der Waals surface area (Å²) in [5.41, 5.74) is 5.19. The van der Waals surface area contributed by atoms with Crippen LogP contribution in [0.15, 0.2) is 46.1 Å². The molecule has 0 saturated carbocycles. The molecule has 0 aliphatic heterocycles. The smallest absolute Gasteiger partial charge is 0.256 e. The molecule has 0 atom stereocenters. The summed E-state index contributed by atoms with van der Waals surface area (Å²) in [6, 6.07) is 11.4. The van der Waals surface area contributed by atoms with E-state index in [0.717, 1.165) is 48.2 Å². The van der Waals surface area contributed by atoms with Crippen molar-refractivity contribution < 1.29 is 14.1 Å². The van der Waals surface area contributed by atoms with Crippen LogP contribution in [0.4, 0.5) is 5.69 Å². The highest BCUT2D eigenvalue weighted by Crippen LogP contribution is 2.35. The quantitative estimate of drug-likeness (QED) is 0.244. The van der Waals surface area contributed by atoms with Crippen molar-refractivity contribution in [1.82, 2.24) is 15.0 Å². The van der Waals surface area contributed by atoms with Crippen molar-refractivity contribution in [3.63, 3.8) is 0 Å². The minimum atomic E-state index is -0.0154. The van der Waals surface area contributed by atoms with Crippen molar-refractivity contribution >= 4 is 11.4 Å². The van der Waals surface area contributed by atoms with E-state index in [2.05, 4.69) is 31.1 Å². The summed E-state index contributed by atoms with van der Waals surface area (Å²) in [6.07, 6.45) is 2.58. The summed E-state index contributed by atoms with van der Waals surface area (Å²) >= 11 is 0. The van der Waals surface area contributed by atoms with Gasteiger partial charge in [-0.25, -0.2) is 4.85 Å². The predicted octanol–water partition coefficient (Wildman–Crippen LogP) is 5.36. The standard InChI is InChI=1S/C26H29N5O3/c1-17(2)33-24-13-10-18(16-23(24)27-3)26-28-25(30-34-26)21-9-6-8-20-19(21)11-12-22(20)29-32-15-7-14-31(4)5/h6,8-10,13,16-17H,7,11-12,14-15H2,1-2,4-5H3/b29-22-. The molecule has 0 radical (unpaired) electrons. The number of hydrogen-bond donors (Lipinski definition) is 0. The van der Waals surface area contributed by atoms with Gasteiger partial charge in [-0.05, 0) is 71.0 Å². The second kappa shape index (κ2) is 10.5. The van der Waals surface area contributed by atoms with Crippen molar-refractivity contribution in [3.05, 3.63) is 58.9 Å². The fourth-order valence-electron chi connectivity index (χ4n) is 3.92. The molecule has 2 aromatic carbocycles. The molecule has 1 aliphatic rings. The second-order valence-electron chi connectivity index (χ2n) is 8.74. The molecule has 8 heteroatoms. The fraction of sp³-hybridized carbons (Fsp3) is 0.385. The zero-order valence-electron chi connectivity index (χ0n) is 20.0. The van der Waals surface area contributed by atoms with Gasteiger partial charge in [-0.1, -0.05) is 28.5 Å². The van der Waals surface area contributed by atoms with Gasteiger partial charge in [-0.2, -0.15) is 4.98 Å². The van der Waals surface area contributed by atoms with Gasteiger partial charge in [0.25, 0.3) is 5.89 Å². The average molecular weight is 460 g/mol. The molecule has 0 bridgehead atoms.